The van der Waals surface area contributed by atoms with Gasteiger partial charge in [0, 0.05) is 18.7 Å². The monoisotopic (exact) mass is 437 g/mol. The summed E-state index contributed by atoms with van der Waals surface area (Å²) in [6.07, 6.45) is 0. The van der Waals surface area contributed by atoms with Gasteiger partial charge in [0.2, 0.25) is 10.0 Å². The van der Waals surface area contributed by atoms with Crippen LogP contribution in [-0.4, -0.2) is 33.3 Å². The Morgan fingerprint density at radius 2 is 1.68 bits per heavy atom. The van der Waals surface area contributed by atoms with Gasteiger partial charge in [0.25, 0.3) is 5.91 Å². The molecule has 0 aliphatic rings. The number of primary sulfonamides is 1. The molecule has 0 aliphatic carbocycles. The number of hydrogen-bond donors (Lipinski definition) is 2. The van der Waals surface area contributed by atoms with Crippen LogP contribution in [0.2, 0.25) is 0 Å². The summed E-state index contributed by atoms with van der Waals surface area (Å²) in [7, 11) is 0.188. The van der Waals surface area contributed by atoms with Gasteiger partial charge in [-0.2, -0.15) is 0 Å². The summed E-state index contributed by atoms with van der Waals surface area (Å²) in [6, 6.07) is 20.6. The number of hydrogen-bond acceptors (Lipinski definition) is 4. The van der Waals surface area contributed by atoms with Crippen molar-refractivity contribution >= 4 is 15.9 Å². The fraction of sp³-hybridized carbons (Fsp3) is 0.208. The average Bonchev–Trinajstić information content (AvgIpc) is 2.72. The number of carbonyl (C=O) groups excluding carboxylic acids is 1. The van der Waals surface area contributed by atoms with Gasteiger partial charge < -0.3 is 10.2 Å². The van der Waals surface area contributed by atoms with Crippen molar-refractivity contribution in [2.24, 2.45) is 5.14 Å². The van der Waals surface area contributed by atoms with Gasteiger partial charge in [0.1, 0.15) is 0 Å². The molecule has 31 heavy (non-hydrogen) atoms. The van der Waals surface area contributed by atoms with E-state index in [0.29, 0.717) is 12.1 Å². The van der Waals surface area contributed by atoms with Gasteiger partial charge in [-0.15, -0.1) is 0 Å². The molecule has 0 aliphatic heterocycles. The molecule has 0 saturated carbocycles. The minimum absolute atomic E-state index is 0.0820. The molecule has 0 aromatic heterocycles. The van der Waals surface area contributed by atoms with E-state index in [9.17, 15) is 13.2 Å². The highest BCUT2D eigenvalue weighted by atomic mass is 32.2. The molecule has 1 amide bonds. The van der Waals surface area contributed by atoms with Crippen LogP contribution in [0.15, 0.2) is 71.6 Å². The van der Waals surface area contributed by atoms with Gasteiger partial charge in [-0.25, -0.2) is 13.6 Å². The zero-order valence-electron chi connectivity index (χ0n) is 17.9. The normalized spacial score (nSPS) is 11.5. The van der Waals surface area contributed by atoms with Gasteiger partial charge in [0.05, 0.1) is 4.90 Å². The van der Waals surface area contributed by atoms with Crippen LogP contribution in [0, 0.1) is 6.92 Å². The molecule has 0 bridgehead atoms. The number of benzene rings is 3. The summed E-state index contributed by atoms with van der Waals surface area (Å²) in [5.41, 5.74) is 5.27. The smallest absolute Gasteiger partial charge is 0.251 e. The maximum absolute atomic E-state index is 12.8. The lowest BCUT2D eigenvalue weighted by Crippen LogP contribution is -2.24. The molecule has 7 heteroatoms. The van der Waals surface area contributed by atoms with Gasteiger partial charge in [-0.05, 0) is 61.0 Å². The highest BCUT2D eigenvalue weighted by Gasteiger charge is 2.15. The first-order valence-corrected chi connectivity index (χ1v) is 11.4. The first-order valence-electron chi connectivity index (χ1n) is 9.89. The van der Waals surface area contributed by atoms with Gasteiger partial charge in [-0.1, -0.05) is 54.6 Å². The van der Waals surface area contributed by atoms with Crippen LogP contribution in [0.3, 0.4) is 0 Å². The number of amides is 1. The van der Waals surface area contributed by atoms with Crippen LogP contribution in [0.1, 0.15) is 27.0 Å². The van der Waals surface area contributed by atoms with Crippen LogP contribution < -0.4 is 10.5 Å². The van der Waals surface area contributed by atoms with Crippen LogP contribution >= 0.6 is 0 Å². The largest absolute Gasteiger partial charge is 0.348 e. The van der Waals surface area contributed by atoms with Gasteiger partial charge in [0.15, 0.2) is 0 Å². The zero-order chi connectivity index (χ0) is 22.6. The number of sulfonamides is 1. The van der Waals surface area contributed by atoms with Crippen molar-refractivity contribution in [2.75, 3.05) is 14.1 Å². The van der Waals surface area contributed by atoms with Crippen molar-refractivity contribution < 1.29 is 13.2 Å². The Kier molecular flexibility index (Phi) is 6.90. The molecule has 3 aromatic carbocycles. The van der Waals surface area contributed by atoms with Crippen molar-refractivity contribution in [3.8, 4) is 11.1 Å². The van der Waals surface area contributed by atoms with Crippen molar-refractivity contribution in [3.63, 3.8) is 0 Å². The van der Waals surface area contributed by atoms with Crippen LogP contribution in [0.25, 0.3) is 11.1 Å². The molecule has 6 nitrogen and oxygen atoms in total. The van der Waals surface area contributed by atoms with Crippen molar-refractivity contribution in [1.29, 1.82) is 0 Å². The molecule has 0 heterocycles. The molecule has 3 N–H and O–H groups in total. The average molecular weight is 438 g/mol. The lowest BCUT2D eigenvalue weighted by molar-refractivity contribution is 0.0950. The molecule has 162 valence electrons. The molecule has 0 radical (unpaired) electrons. The van der Waals surface area contributed by atoms with Gasteiger partial charge in [-0.3, -0.25) is 4.79 Å². The van der Waals surface area contributed by atoms with Gasteiger partial charge >= 0.3 is 0 Å². The molecule has 0 saturated heterocycles. The Balaban J connectivity index is 1.80. The standard InChI is InChI=1S/C24H27N3O3S/c1-17-8-13-21(31(25,29)30)14-23(17)24(28)26-15-20-6-4-5-7-22(20)19-11-9-18(10-12-19)16-27(2)3/h4-14H,15-16H2,1-3H3,(H,26,28)(H2,25,29,30). The topological polar surface area (TPSA) is 92.5 Å². The van der Waals surface area contributed by atoms with E-state index in [-0.39, 0.29) is 16.4 Å². The van der Waals surface area contributed by atoms with E-state index < -0.39 is 10.0 Å². The Morgan fingerprint density at radius 3 is 2.32 bits per heavy atom. The Hall–Kier alpha value is -3.00. The van der Waals surface area contributed by atoms with Crippen LogP contribution in [-0.2, 0) is 23.1 Å². The predicted molar refractivity (Wildman–Crippen MR) is 123 cm³/mol. The van der Waals surface area contributed by atoms with Crippen molar-refractivity contribution in [3.05, 3.63) is 89.0 Å². The molecule has 0 unspecified atom stereocenters. The lowest BCUT2D eigenvalue weighted by Gasteiger charge is -2.14. The second-order valence-electron chi connectivity index (χ2n) is 7.80. The van der Waals surface area contributed by atoms with Crippen LogP contribution in [0.5, 0.6) is 0 Å². The quantitative estimate of drug-likeness (QED) is 0.593. The fourth-order valence-corrected chi connectivity index (χ4v) is 3.94. The van der Waals surface area contributed by atoms with E-state index in [4.69, 9.17) is 5.14 Å². The Morgan fingerprint density at radius 1 is 1.00 bits per heavy atom. The molecule has 3 aromatic rings. The summed E-state index contributed by atoms with van der Waals surface area (Å²) in [4.78, 5) is 14.8. The number of nitrogens with one attached hydrogen (secondary N) is 1. The Bertz CT molecular complexity index is 1190. The second-order valence-corrected chi connectivity index (χ2v) is 9.36. The lowest BCUT2D eigenvalue weighted by atomic mass is 9.98. The first kappa shape index (κ1) is 22.7. The third-order valence-corrected chi connectivity index (χ3v) is 5.91. The number of aryl methyl sites for hydroxylation is 1. The van der Waals surface area contributed by atoms with E-state index >= 15 is 0 Å². The van der Waals surface area contributed by atoms with E-state index in [1.165, 1.54) is 17.7 Å². The molecule has 0 atom stereocenters. The Labute approximate surface area is 183 Å². The highest BCUT2D eigenvalue weighted by Crippen LogP contribution is 2.24. The van der Waals surface area contributed by atoms with Crippen molar-refractivity contribution in [1.82, 2.24) is 10.2 Å². The highest BCUT2D eigenvalue weighted by molar-refractivity contribution is 7.89. The first-order chi connectivity index (χ1) is 14.6. The SMILES string of the molecule is Cc1ccc(S(N)(=O)=O)cc1C(=O)NCc1ccccc1-c1ccc(CN(C)C)cc1. The zero-order valence-corrected chi connectivity index (χ0v) is 18.7. The summed E-state index contributed by atoms with van der Waals surface area (Å²) in [6.45, 7) is 2.94. The van der Waals surface area contributed by atoms with Crippen molar-refractivity contribution in [2.45, 2.75) is 24.9 Å². The molecular weight excluding hydrogens is 410 g/mol. The number of rotatable bonds is 7. The van der Waals surface area contributed by atoms with Crippen LogP contribution in [0.4, 0.5) is 0 Å². The maximum atomic E-state index is 12.8. The third-order valence-electron chi connectivity index (χ3n) is 5.00. The second kappa shape index (κ2) is 9.43. The minimum atomic E-state index is -3.88. The minimum Gasteiger partial charge on any atom is -0.348 e. The summed E-state index contributed by atoms with van der Waals surface area (Å²) in [5, 5.41) is 8.10. The molecule has 0 fully saturated rings. The number of carbonyl (C=O) groups is 1. The van der Waals surface area contributed by atoms with E-state index in [1.54, 1.807) is 13.0 Å². The molecule has 3 rings (SSSR count). The van der Waals surface area contributed by atoms with E-state index in [0.717, 1.165) is 23.2 Å². The fourth-order valence-electron chi connectivity index (χ4n) is 3.40. The summed E-state index contributed by atoms with van der Waals surface area (Å²) < 4.78 is 23.3. The van der Waals surface area contributed by atoms with E-state index in [2.05, 4.69) is 34.5 Å². The van der Waals surface area contributed by atoms with E-state index in [1.807, 2.05) is 38.4 Å². The summed E-state index contributed by atoms with van der Waals surface area (Å²) >= 11 is 0. The number of nitrogens with zero attached hydrogens (tertiary/aromatic N) is 1. The maximum Gasteiger partial charge on any atom is 0.251 e. The number of nitrogens with two attached hydrogens (primary N) is 1. The summed E-state index contributed by atoms with van der Waals surface area (Å²) in [5.74, 6) is -0.348. The predicted octanol–water partition coefficient (Wildman–Crippen LogP) is 3.30. The third kappa shape index (κ3) is 5.79. The molecule has 0 spiro atoms. The molecular formula is C24H27N3O3S.